The van der Waals surface area contributed by atoms with Gasteiger partial charge >= 0.3 is 0 Å². The first-order chi connectivity index (χ1) is 8.52. The molecule has 0 saturated carbocycles. The SMILES string of the molecule is COc1ccc(Br)cc1CN(C)CCOC(C)C. The van der Waals surface area contributed by atoms with Crippen LogP contribution in [0.4, 0.5) is 0 Å². The Morgan fingerprint density at radius 3 is 2.67 bits per heavy atom. The van der Waals surface area contributed by atoms with Crippen molar-refractivity contribution in [3.8, 4) is 5.75 Å². The van der Waals surface area contributed by atoms with Gasteiger partial charge in [-0.1, -0.05) is 15.9 Å². The molecule has 0 aliphatic heterocycles. The monoisotopic (exact) mass is 315 g/mol. The summed E-state index contributed by atoms with van der Waals surface area (Å²) in [5.74, 6) is 0.926. The van der Waals surface area contributed by atoms with E-state index in [0.29, 0.717) is 6.10 Å². The molecule has 1 aromatic rings. The van der Waals surface area contributed by atoms with Gasteiger partial charge in [0.1, 0.15) is 5.75 Å². The van der Waals surface area contributed by atoms with Crippen molar-refractivity contribution in [3.05, 3.63) is 28.2 Å². The predicted octanol–water partition coefficient (Wildman–Crippen LogP) is 3.31. The lowest BCUT2D eigenvalue weighted by Gasteiger charge is -2.19. The minimum atomic E-state index is 0.291. The third-order valence-electron chi connectivity index (χ3n) is 2.61. The average molecular weight is 316 g/mol. The van der Waals surface area contributed by atoms with E-state index in [1.807, 2.05) is 12.1 Å². The van der Waals surface area contributed by atoms with Crippen LogP contribution in [0.15, 0.2) is 22.7 Å². The van der Waals surface area contributed by atoms with Crippen LogP contribution in [0.25, 0.3) is 0 Å². The number of ether oxygens (including phenoxy) is 2. The molecule has 0 unspecified atom stereocenters. The molecule has 18 heavy (non-hydrogen) atoms. The van der Waals surface area contributed by atoms with Crippen molar-refractivity contribution in [2.75, 3.05) is 27.3 Å². The second kappa shape index (κ2) is 7.77. The summed E-state index contributed by atoms with van der Waals surface area (Å²) < 4.78 is 12.0. The first-order valence-corrected chi connectivity index (χ1v) is 6.94. The first kappa shape index (κ1) is 15.5. The van der Waals surface area contributed by atoms with Crippen LogP contribution in [-0.2, 0) is 11.3 Å². The van der Waals surface area contributed by atoms with Gasteiger partial charge in [-0.25, -0.2) is 0 Å². The number of nitrogens with zero attached hydrogens (tertiary/aromatic N) is 1. The summed E-state index contributed by atoms with van der Waals surface area (Å²) in [4.78, 5) is 2.23. The normalized spacial score (nSPS) is 11.3. The predicted molar refractivity (Wildman–Crippen MR) is 78.1 cm³/mol. The molecule has 0 aromatic heterocycles. The van der Waals surface area contributed by atoms with E-state index in [4.69, 9.17) is 9.47 Å². The maximum atomic E-state index is 5.55. The lowest BCUT2D eigenvalue weighted by atomic mass is 10.2. The van der Waals surface area contributed by atoms with Crippen molar-refractivity contribution in [1.29, 1.82) is 0 Å². The summed E-state index contributed by atoms with van der Waals surface area (Å²) in [6.45, 7) is 6.62. The maximum absolute atomic E-state index is 5.55. The smallest absolute Gasteiger partial charge is 0.123 e. The highest BCUT2D eigenvalue weighted by molar-refractivity contribution is 9.10. The molecule has 1 aromatic carbocycles. The molecule has 0 atom stereocenters. The molecular formula is C14H22BrNO2. The van der Waals surface area contributed by atoms with Gasteiger partial charge in [-0.3, -0.25) is 4.90 Å². The van der Waals surface area contributed by atoms with Crippen LogP contribution in [-0.4, -0.2) is 38.3 Å². The molecule has 0 spiro atoms. The molecular weight excluding hydrogens is 294 g/mol. The van der Waals surface area contributed by atoms with E-state index in [1.54, 1.807) is 7.11 Å². The van der Waals surface area contributed by atoms with E-state index in [-0.39, 0.29) is 0 Å². The number of methoxy groups -OCH3 is 1. The van der Waals surface area contributed by atoms with Crippen molar-refractivity contribution in [1.82, 2.24) is 4.90 Å². The highest BCUT2D eigenvalue weighted by Crippen LogP contribution is 2.23. The van der Waals surface area contributed by atoms with Gasteiger partial charge in [-0.2, -0.15) is 0 Å². The Kier molecular flexibility index (Phi) is 6.68. The maximum Gasteiger partial charge on any atom is 0.123 e. The fourth-order valence-electron chi connectivity index (χ4n) is 1.68. The minimum absolute atomic E-state index is 0.291. The van der Waals surface area contributed by atoms with Gasteiger partial charge in [-0.05, 0) is 39.1 Å². The third-order valence-corrected chi connectivity index (χ3v) is 3.10. The van der Waals surface area contributed by atoms with E-state index < -0.39 is 0 Å². The molecule has 4 heteroatoms. The van der Waals surface area contributed by atoms with Crippen molar-refractivity contribution >= 4 is 15.9 Å². The molecule has 3 nitrogen and oxygen atoms in total. The number of rotatable bonds is 7. The molecule has 0 aliphatic carbocycles. The lowest BCUT2D eigenvalue weighted by molar-refractivity contribution is 0.0626. The Morgan fingerprint density at radius 2 is 2.06 bits per heavy atom. The minimum Gasteiger partial charge on any atom is -0.496 e. The van der Waals surface area contributed by atoms with Crippen LogP contribution in [0, 0.1) is 0 Å². The zero-order valence-electron chi connectivity index (χ0n) is 11.6. The average Bonchev–Trinajstić information content (AvgIpc) is 2.28. The van der Waals surface area contributed by atoms with Crippen LogP contribution in [0.5, 0.6) is 5.75 Å². The van der Waals surface area contributed by atoms with Gasteiger partial charge in [0.25, 0.3) is 0 Å². The fraction of sp³-hybridized carbons (Fsp3) is 0.571. The van der Waals surface area contributed by atoms with E-state index >= 15 is 0 Å². The van der Waals surface area contributed by atoms with E-state index in [0.717, 1.165) is 29.9 Å². The van der Waals surface area contributed by atoms with E-state index in [9.17, 15) is 0 Å². The van der Waals surface area contributed by atoms with Crippen molar-refractivity contribution in [2.24, 2.45) is 0 Å². The Morgan fingerprint density at radius 1 is 1.33 bits per heavy atom. The van der Waals surface area contributed by atoms with Gasteiger partial charge in [0.15, 0.2) is 0 Å². The summed E-state index contributed by atoms with van der Waals surface area (Å²) in [6.07, 6.45) is 0.291. The third kappa shape index (κ3) is 5.38. The van der Waals surface area contributed by atoms with Crippen LogP contribution >= 0.6 is 15.9 Å². The van der Waals surface area contributed by atoms with Gasteiger partial charge in [0.2, 0.25) is 0 Å². The molecule has 0 saturated heterocycles. The fourth-order valence-corrected chi connectivity index (χ4v) is 2.09. The van der Waals surface area contributed by atoms with Crippen LogP contribution in [0.3, 0.4) is 0 Å². The van der Waals surface area contributed by atoms with E-state index in [1.165, 1.54) is 5.56 Å². The largest absolute Gasteiger partial charge is 0.496 e. The summed E-state index contributed by atoms with van der Waals surface area (Å²) in [6, 6.07) is 6.07. The molecule has 0 amide bonds. The Hall–Kier alpha value is -0.580. The second-order valence-corrected chi connectivity index (χ2v) is 5.53. The first-order valence-electron chi connectivity index (χ1n) is 6.15. The molecule has 102 valence electrons. The van der Waals surface area contributed by atoms with Crippen LogP contribution in [0.1, 0.15) is 19.4 Å². The number of halogens is 1. The standard InChI is InChI=1S/C14H22BrNO2/c1-11(2)18-8-7-16(3)10-12-9-13(15)5-6-14(12)17-4/h5-6,9,11H,7-8,10H2,1-4H3. The molecule has 1 rings (SSSR count). The summed E-state index contributed by atoms with van der Waals surface area (Å²) in [5.41, 5.74) is 1.18. The van der Waals surface area contributed by atoms with Crippen molar-refractivity contribution < 1.29 is 9.47 Å². The Balaban J connectivity index is 2.52. The molecule has 0 N–H and O–H groups in total. The van der Waals surface area contributed by atoms with E-state index in [2.05, 4.69) is 47.8 Å². The molecule has 0 heterocycles. The van der Waals surface area contributed by atoms with Crippen molar-refractivity contribution in [2.45, 2.75) is 26.5 Å². The number of hydrogen-bond donors (Lipinski definition) is 0. The van der Waals surface area contributed by atoms with Crippen LogP contribution < -0.4 is 4.74 Å². The van der Waals surface area contributed by atoms with Crippen LogP contribution in [0.2, 0.25) is 0 Å². The lowest BCUT2D eigenvalue weighted by Crippen LogP contribution is -2.24. The number of hydrogen-bond acceptors (Lipinski definition) is 3. The molecule has 0 aliphatic rings. The molecule has 0 radical (unpaired) electrons. The second-order valence-electron chi connectivity index (χ2n) is 4.61. The summed E-state index contributed by atoms with van der Waals surface area (Å²) in [5, 5.41) is 0. The highest BCUT2D eigenvalue weighted by Gasteiger charge is 2.07. The Labute approximate surface area is 118 Å². The number of likely N-dealkylation sites (N-methyl/N-ethyl adjacent to an activating group) is 1. The van der Waals surface area contributed by atoms with Crippen molar-refractivity contribution in [3.63, 3.8) is 0 Å². The zero-order valence-corrected chi connectivity index (χ0v) is 13.2. The highest BCUT2D eigenvalue weighted by atomic mass is 79.9. The van der Waals surface area contributed by atoms with Gasteiger partial charge in [0.05, 0.1) is 19.8 Å². The summed E-state index contributed by atoms with van der Waals surface area (Å²) >= 11 is 3.49. The van der Waals surface area contributed by atoms with Gasteiger partial charge in [0, 0.05) is 23.1 Å². The molecule has 0 bridgehead atoms. The molecule has 0 fully saturated rings. The zero-order chi connectivity index (χ0) is 13.5. The quantitative estimate of drug-likeness (QED) is 0.770. The topological polar surface area (TPSA) is 21.7 Å². The van der Waals surface area contributed by atoms with Gasteiger partial charge < -0.3 is 9.47 Å². The number of benzene rings is 1. The van der Waals surface area contributed by atoms with Gasteiger partial charge in [-0.15, -0.1) is 0 Å². The summed E-state index contributed by atoms with van der Waals surface area (Å²) in [7, 11) is 3.79. The Bertz CT molecular complexity index is 369.